The van der Waals surface area contributed by atoms with Gasteiger partial charge in [-0.2, -0.15) is 0 Å². The number of nitrogens with one attached hydrogen (secondary N) is 1. The fourth-order valence-corrected chi connectivity index (χ4v) is 2.36. The average Bonchev–Trinajstić information content (AvgIpc) is 2.85. The maximum atomic E-state index is 9.41. The largest absolute Gasteiger partial charge is 0.393 e. The smallest absolute Gasteiger partial charge is 0.0587 e. The summed E-state index contributed by atoms with van der Waals surface area (Å²) in [7, 11) is 1.71. The van der Waals surface area contributed by atoms with E-state index in [1.807, 2.05) is 6.92 Å². The van der Waals surface area contributed by atoms with E-state index in [-0.39, 0.29) is 6.10 Å². The molecule has 0 radical (unpaired) electrons. The Bertz CT molecular complexity index is 534. The summed E-state index contributed by atoms with van der Waals surface area (Å²) in [5, 5.41) is 14.1. The number of nitrogens with zero attached hydrogens (tertiary/aromatic N) is 1. The van der Waals surface area contributed by atoms with E-state index in [1.54, 1.807) is 7.11 Å². The Kier molecular flexibility index (Phi) is 5.59. The van der Waals surface area contributed by atoms with Crippen molar-refractivity contribution in [2.24, 2.45) is 0 Å². The molecule has 2 N–H and O–H groups in total. The van der Waals surface area contributed by atoms with Crippen LogP contribution in [0.5, 0.6) is 0 Å². The second-order valence-electron chi connectivity index (χ2n) is 5.17. The highest BCUT2D eigenvalue weighted by Gasteiger charge is 2.06. The number of aromatic nitrogens is 1. The number of methoxy groups -OCH3 is 1. The van der Waals surface area contributed by atoms with Crippen LogP contribution in [0.1, 0.15) is 18.9 Å². The summed E-state index contributed by atoms with van der Waals surface area (Å²) >= 11 is 0. The first-order valence-electron chi connectivity index (χ1n) is 7.17. The third-order valence-corrected chi connectivity index (χ3v) is 3.49. The first kappa shape index (κ1) is 15.0. The van der Waals surface area contributed by atoms with Gasteiger partial charge < -0.3 is 19.7 Å². The average molecular weight is 276 g/mol. The molecule has 4 heteroatoms. The molecule has 1 heterocycles. The van der Waals surface area contributed by atoms with Crippen molar-refractivity contribution in [1.29, 1.82) is 0 Å². The SMILES string of the molecule is COCCNCc1cccc2c1ccn2CCC(C)O. The molecule has 0 aliphatic rings. The summed E-state index contributed by atoms with van der Waals surface area (Å²) in [4.78, 5) is 0. The highest BCUT2D eigenvalue weighted by Crippen LogP contribution is 2.20. The Balaban J connectivity index is 2.08. The zero-order chi connectivity index (χ0) is 14.4. The molecule has 0 amide bonds. The van der Waals surface area contributed by atoms with E-state index in [0.717, 1.165) is 32.7 Å². The summed E-state index contributed by atoms with van der Waals surface area (Å²) < 4.78 is 7.24. The first-order valence-corrected chi connectivity index (χ1v) is 7.17. The number of ether oxygens (including phenoxy) is 1. The molecule has 20 heavy (non-hydrogen) atoms. The van der Waals surface area contributed by atoms with Gasteiger partial charge >= 0.3 is 0 Å². The van der Waals surface area contributed by atoms with Gasteiger partial charge in [-0.1, -0.05) is 12.1 Å². The molecule has 0 fully saturated rings. The lowest BCUT2D eigenvalue weighted by Crippen LogP contribution is -2.18. The van der Waals surface area contributed by atoms with Gasteiger partial charge in [-0.25, -0.2) is 0 Å². The van der Waals surface area contributed by atoms with Crippen molar-refractivity contribution in [2.45, 2.75) is 32.5 Å². The molecule has 2 aromatic rings. The third kappa shape index (κ3) is 3.82. The Morgan fingerprint density at radius 2 is 2.20 bits per heavy atom. The number of hydrogen-bond donors (Lipinski definition) is 2. The van der Waals surface area contributed by atoms with Crippen molar-refractivity contribution in [3.8, 4) is 0 Å². The fraction of sp³-hybridized carbons (Fsp3) is 0.500. The maximum absolute atomic E-state index is 9.41. The summed E-state index contributed by atoms with van der Waals surface area (Å²) in [5.74, 6) is 0. The second-order valence-corrected chi connectivity index (χ2v) is 5.17. The summed E-state index contributed by atoms with van der Waals surface area (Å²) in [6.07, 6.45) is 2.62. The van der Waals surface area contributed by atoms with Gasteiger partial charge in [-0.3, -0.25) is 0 Å². The minimum Gasteiger partial charge on any atom is -0.393 e. The number of hydrogen-bond acceptors (Lipinski definition) is 3. The number of fused-ring (bicyclic) bond motifs is 1. The van der Waals surface area contributed by atoms with Crippen molar-refractivity contribution in [3.63, 3.8) is 0 Å². The quantitative estimate of drug-likeness (QED) is 0.726. The van der Waals surface area contributed by atoms with Crippen LogP contribution in [0.2, 0.25) is 0 Å². The van der Waals surface area contributed by atoms with Crippen LogP contribution in [0.25, 0.3) is 10.9 Å². The molecule has 0 saturated carbocycles. The first-order chi connectivity index (χ1) is 9.72. The molecule has 1 aromatic carbocycles. The van der Waals surface area contributed by atoms with E-state index in [4.69, 9.17) is 4.74 Å². The molecule has 1 atom stereocenters. The molecule has 0 spiro atoms. The van der Waals surface area contributed by atoms with E-state index in [9.17, 15) is 5.11 Å². The molecule has 0 aliphatic heterocycles. The standard InChI is InChI=1S/C16H24N2O2/c1-13(19)6-9-18-10-7-15-14(4-3-5-16(15)18)12-17-8-11-20-2/h3-5,7,10,13,17,19H,6,8-9,11-12H2,1-2H3. The number of aliphatic hydroxyl groups is 1. The van der Waals surface area contributed by atoms with Crippen LogP contribution in [0, 0.1) is 0 Å². The van der Waals surface area contributed by atoms with E-state index in [1.165, 1.54) is 16.5 Å². The summed E-state index contributed by atoms with van der Waals surface area (Å²) in [5.41, 5.74) is 2.53. The van der Waals surface area contributed by atoms with Crippen molar-refractivity contribution in [3.05, 3.63) is 36.0 Å². The monoisotopic (exact) mass is 276 g/mol. The van der Waals surface area contributed by atoms with Gasteiger partial charge in [0.1, 0.15) is 0 Å². The predicted molar refractivity (Wildman–Crippen MR) is 81.8 cm³/mol. The molecule has 2 rings (SSSR count). The number of benzene rings is 1. The van der Waals surface area contributed by atoms with Gasteiger partial charge in [0, 0.05) is 43.8 Å². The zero-order valence-electron chi connectivity index (χ0n) is 12.3. The Morgan fingerprint density at radius 1 is 1.35 bits per heavy atom. The minimum absolute atomic E-state index is 0.258. The minimum atomic E-state index is -0.258. The van der Waals surface area contributed by atoms with Gasteiger partial charge in [0.2, 0.25) is 0 Å². The van der Waals surface area contributed by atoms with Gasteiger partial charge in [0.25, 0.3) is 0 Å². The Morgan fingerprint density at radius 3 is 2.95 bits per heavy atom. The number of aryl methyl sites for hydroxylation is 1. The van der Waals surface area contributed by atoms with E-state index < -0.39 is 0 Å². The van der Waals surface area contributed by atoms with Gasteiger partial charge in [-0.05, 0) is 31.0 Å². The Labute approximate surface area is 120 Å². The molecular formula is C16H24N2O2. The third-order valence-electron chi connectivity index (χ3n) is 3.49. The zero-order valence-corrected chi connectivity index (χ0v) is 12.3. The predicted octanol–water partition coefficient (Wildman–Crippen LogP) is 2.15. The summed E-state index contributed by atoms with van der Waals surface area (Å²) in [6.45, 7) is 5.11. The maximum Gasteiger partial charge on any atom is 0.0587 e. The molecular weight excluding hydrogens is 252 g/mol. The van der Waals surface area contributed by atoms with Crippen LogP contribution in [0.3, 0.4) is 0 Å². The topological polar surface area (TPSA) is 46.4 Å². The number of rotatable bonds is 8. The van der Waals surface area contributed by atoms with Gasteiger partial charge in [-0.15, -0.1) is 0 Å². The molecule has 0 aliphatic carbocycles. The van der Waals surface area contributed by atoms with Crippen LogP contribution in [-0.4, -0.2) is 36.0 Å². The molecule has 1 unspecified atom stereocenters. The van der Waals surface area contributed by atoms with Crippen LogP contribution >= 0.6 is 0 Å². The highest BCUT2D eigenvalue weighted by molar-refractivity contribution is 5.83. The fourth-order valence-electron chi connectivity index (χ4n) is 2.36. The van der Waals surface area contributed by atoms with Crippen LogP contribution in [0.15, 0.2) is 30.5 Å². The Hall–Kier alpha value is -1.36. The van der Waals surface area contributed by atoms with Crippen molar-refractivity contribution >= 4 is 10.9 Å². The lowest BCUT2D eigenvalue weighted by Gasteiger charge is -2.09. The van der Waals surface area contributed by atoms with E-state index in [2.05, 4.69) is 40.3 Å². The second kappa shape index (κ2) is 7.43. The van der Waals surface area contributed by atoms with E-state index >= 15 is 0 Å². The normalized spacial score (nSPS) is 12.9. The lowest BCUT2D eigenvalue weighted by molar-refractivity contribution is 0.178. The van der Waals surface area contributed by atoms with Crippen LogP contribution in [-0.2, 0) is 17.8 Å². The van der Waals surface area contributed by atoms with Crippen LogP contribution < -0.4 is 5.32 Å². The lowest BCUT2D eigenvalue weighted by atomic mass is 10.1. The van der Waals surface area contributed by atoms with Crippen molar-refractivity contribution in [1.82, 2.24) is 9.88 Å². The molecule has 4 nitrogen and oxygen atoms in total. The van der Waals surface area contributed by atoms with E-state index in [0.29, 0.717) is 0 Å². The number of aliphatic hydroxyl groups excluding tert-OH is 1. The van der Waals surface area contributed by atoms with Crippen molar-refractivity contribution in [2.75, 3.05) is 20.3 Å². The summed E-state index contributed by atoms with van der Waals surface area (Å²) in [6, 6.07) is 8.54. The molecule has 1 aromatic heterocycles. The van der Waals surface area contributed by atoms with Gasteiger partial charge in [0.05, 0.1) is 12.7 Å². The molecule has 0 saturated heterocycles. The van der Waals surface area contributed by atoms with Gasteiger partial charge in [0.15, 0.2) is 0 Å². The van der Waals surface area contributed by atoms with Crippen molar-refractivity contribution < 1.29 is 9.84 Å². The van der Waals surface area contributed by atoms with Crippen LogP contribution in [0.4, 0.5) is 0 Å². The molecule has 110 valence electrons. The highest BCUT2D eigenvalue weighted by atomic mass is 16.5. The molecule has 0 bridgehead atoms.